The fourth-order valence-corrected chi connectivity index (χ4v) is 1.98. The minimum Gasteiger partial charge on any atom is -0.370 e. The molecule has 112 valence electrons. The van der Waals surface area contributed by atoms with E-state index in [4.69, 9.17) is 0 Å². The van der Waals surface area contributed by atoms with Crippen molar-refractivity contribution in [3.05, 3.63) is 41.7 Å². The van der Waals surface area contributed by atoms with Gasteiger partial charge in [-0.25, -0.2) is 9.97 Å². The number of nitrogens with zero attached hydrogens (tertiary/aromatic N) is 2. The number of rotatable bonds is 4. The summed E-state index contributed by atoms with van der Waals surface area (Å²) in [5, 5.41) is 3.13. The van der Waals surface area contributed by atoms with Gasteiger partial charge in [0.15, 0.2) is 0 Å². The van der Waals surface area contributed by atoms with Gasteiger partial charge in [0.05, 0.1) is 11.3 Å². The maximum Gasteiger partial charge on any atom is 0.416 e. The van der Waals surface area contributed by atoms with Crippen LogP contribution in [0, 0.1) is 6.92 Å². The molecule has 1 aromatic carbocycles. The lowest BCUT2D eigenvalue weighted by Crippen LogP contribution is -2.06. The molecular weight excluding hydrogens is 279 g/mol. The zero-order valence-corrected chi connectivity index (χ0v) is 11.8. The van der Waals surface area contributed by atoms with Gasteiger partial charge in [-0.05, 0) is 31.0 Å². The number of alkyl halides is 3. The third-order valence-electron chi connectivity index (χ3n) is 3.05. The number of benzene rings is 1. The number of anilines is 1. The van der Waals surface area contributed by atoms with Crippen LogP contribution in [0.15, 0.2) is 30.6 Å². The van der Waals surface area contributed by atoms with Crippen molar-refractivity contribution in [2.75, 3.05) is 11.9 Å². The van der Waals surface area contributed by atoms with Gasteiger partial charge < -0.3 is 5.32 Å². The monoisotopic (exact) mass is 295 g/mol. The molecule has 0 aliphatic carbocycles. The molecule has 2 aromatic rings. The molecule has 0 spiro atoms. The first-order chi connectivity index (χ1) is 9.91. The van der Waals surface area contributed by atoms with Crippen LogP contribution in [0.2, 0.25) is 0 Å². The maximum atomic E-state index is 12.7. The molecule has 0 atom stereocenters. The van der Waals surface area contributed by atoms with Crippen molar-refractivity contribution < 1.29 is 13.2 Å². The Morgan fingerprint density at radius 2 is 1.90 bits per heavy atom. The van der Waals surface area contributed by atoms with Crippen molar-refractivity contribution in [3.63, 3.8) is 0 Å². The lowest BCUT2D eigenvalue weighted by atomic mass is 10.0. The van der Waals surface area contributed by atoms with Crippen LogP contribution in [-0.4, -0.2) is 16.5 Å². The highest BCUT2D eigenvalue weighted by molar-refractivity contribution is 5.66. The highest BCUT2D eigenvalue weighted by atomic mass is 19.4. The Bertz CT molecular complexity index is 624. The molecule has 0 fully saturated rings. The first-order valence-corrected chi connectivity index (χ1v) is 6.66. The molecule has 0 amide bonds. The summed E-state index contributed by atoms with van der Waals surface area (Å²) in [5.74, 6) is 0.668. The summed E-state index contributed by atoms with van der Waals surface area (Å²) in [6.07, 6.45) is -1.97. The summed E-state index contributed by atoms with van der Waals surface area (Å²) < 4.78 is 38.0. The van der Waals surface area contributed by atoms with Gasteiger partial charge in [0.2, 0.25) is 0 Å². The molecule has 2 rings (SSSR count). The van der Waals surface area contributed by atoms with E-state index < -0.39 is 11.7 Å². The van der Waals surface area contributed by atoms with E-state index in [9.17, 15) is 13.2 Å². The summed E-state index contributed by atoms with van der Waals surface area (Å²) in [6.45, 7) is 4.46. The van der Waals surface area contributed by atoms with E-state index in [1.165, 1.54) is 12.4 Å². The van der Waals surface area contributed by atoms with Crippen molar-refractivity contribution in [2.45, 2.75) is 26.4 Å². The first-order valence-electron chi connectivity index (χ1n) is 6.66. The molecule has 0 radical (unpaired) electrons. The predicted molar refractivity (Wildman–Crippen MR) is 76.0 cm³/mol. The molecule has 0 aliphatic heterocycles. The average molecular weight is 295 g/mol. The van der Waals surface area contributed by atoms with Crippen molar-refractivity contribution in [1.29, 1.82) is 0 Å². The molecule has 1 heterocycles. The number of aromatic nitrogens is 2. The quantitative estimate of drug-likeness (QED) is 0.914. The molecule has 6 heteroatoms. The Morgan fingerprint density at radius 1 is 1.14 bits per heavy atom. The molecular formula is C15H16F3N3. The largest absolute Gasteiger partial charge is 0.416 e. The minimum absolute atomic E-state index is 0.532. The Balaban J connectivity index is 2.34. The molecule has 0 unspecified atom stereocenters. The maximum absolute atomic E-state index is 12.7. The van der Waals surface area contributed by atoms with Crippen molar-refractivity contribution >= 4 is 5.82 Å². The highest BCUT2D eigenvalue weighted by Crippen LogP contribution is 2.32. The van der Waals surface area contributed by atoms with Gasteiger partial charge in [-0.3, -0.25) is 0 Å². The van der Waals surface area contributed by atoms with E-state index in [1.54, 1.807) is 13.0 Å². The van der Waals surface area contributed by atoms with Crippen LogP contribution >= 0.6 is 0 Å². The van der Waals surface area contributed by atoms with Crippen LogP contribution in [-0.2, 0) is 6.18 Å². The number of hydrogen-bond donors (Lipinski definition) is 1. The summed E-state index contributed by atoms with van der Waals surface area (Å²) in [4.78, 5) is 8.22. The Morgan fingerprint density at radius 3 is 2.52 bits per heavy atom. The molecule has 21 heavy (non-hydrogen) atoms. The van der Waals surface area contributed by atoms with Crippen LogP contribution in [0.4, 0.5) is 19.0 Å². The molecule has 1 aromatic heterocycles. The summed E-state index contributed by atoms with van der Waals surface area (Å²) in [5.41, 5.74) is 1.16. The van der Waals surface area contributed by atoms with Crippen LogP contribution < -0.4 is 5.32 Å². The number of hydrogen-bond acceptors (Lipinski definition) is 3. The normalized spacial score (nSPS) is 11.5. The topological polar surface area (TPSA) is 37.8 Å². The lowest BCUT2D eigenvalue weighted by molar-refractivity contribution is -0.137. The van der Waals surface area contributed by atoms with Crippen LogP contribution in [0.3, 0.4) is 0 Å². The van der Waals surface area contributed by atoms with Gasteiger partial charge in [-0.1, -0.05) is 13.0 Å². The molecule has 3 nitrogen and oxygen atoms in total. The van der Waals surface area contributed by atoms with Gasteiger partial charge in [0, 0.05) is 18.2 Å². The van der Waals surface area contributed by atoms with E-state index in [-0.39, 0.29) is 0 Å². The zero-order chi connectivity index (χ0) is 15.5. The van der Waals surface area contributed by atoms with Gasteiger partial charge in [0.1, 0.15) is 12.1 Å². The average Bonchev–Trinajstić information content (AvgIpc) is 2.44. The minimum atomic E-state index is -4.33. The van der Waals surface area contributed by atoms with Crippen LogP contribution in [0.25, 0.3) is 11.3 Å². The fourth-order valence-electron chi connectivity index (χ4n) is 1.98. The Labute approximate surface area is 121 Å². The van der Waals surface area contributed by atoms with Crippen LogP contribution in [0.1, 0.15) is 24.5 Å². The summed E-state index contributed by atoms with van der Waals surface area (Å²) in [7, 11) is 0. The van der Waals surface area contributed by atoms with Gasteiger partial charge in [0.25, 0.3) is 0 Å². The molecule has 0 saturated heterocycles. The van der Waals surface area contributed by atoms with Gasteiger partial charge >= 0.3 is 6.18 Å². The number of aryl methyl sites for hydroxylation is 1. The fraction of sp³-hybridized carbons (Fsp3) is 0.333. The summed E-state index contributed by atoms with van der Waals surface area (Å²) in [6, 6.07) is 5.40. The second-order valence-electron chi connectivity index (χ2n) is 4.74. The number of nitrogens with one attached hydrogen (secondary N) is 1. The van der Waals surface area contributed by atoms with Crippen LogP contribution in [0.5, 0.6) is 0 Å². The lowest BCUT2D eigenvalue weighted by Gasteiger charge is -2.11. The van der Waals surface area contributed by atoms with Gasteiger partial charge in [-0.2, -0.15) is 13.2 Å². The van der Waals surface area contributed by atoms with Crippen molar-refractivity contribution in [2.24, 2.45) is 0 Å². The Kier molecular flexibility index (Phi) is 4.45. The second kappa shape index (κ2) is 6.11. The van der Waals surface area contributed by atoms with E-state index in [0.717, 1.165) is 25.1 Å². The zero-order valence-electron chi connectivity index (χ0n) is 11.8. The van der Waals surface area contributed by atoms with Crippen molar-refractivity contribution in [1.82, 2.24) is 9.97 Å². The molecule has 0 bridgehead atoms. The Hall–Kier alpha value is -2.11. The molecule has 0 saturated carbocycles. The van der Waals surface area contributed by atoms with Crippen molar-refractivity contribution in [3.8, 4) is 11.3 Å². The highest BCUT2D eigenvalue weighted by Gasteiger charge is 2.30. The van der Waals surface area contributed by atoms with E-state index in [0.29, 0.717) is 22.6 Å². The number of halogens is 3. The predicted octanol–water partition coefficient (Wildman–Crippen LogP) is 4.29. The standard InChI is InChI=1S/C15H16F3N3/c1-3-6-19-14-8-13(20-9-21-14)12-5-4-11(7-10(12)2)15(16,17)18/h4-5,7-9H,3,6H2,1-2H3,(H,19,20,21). The molecule has 0 aliphatic rings. The third kappa shape index (κ3) is 3.71. The van der Waals surface area contributed by atoms with Gasteiger partial charge in [-0.15, -0.1) is 0 Å². The molecule has 1 N–H and O–H groups in total. The smallest absolute Gasteiger partial charge is 0.370 e. The third-order valence-corrected chi connectivity index (χ3v) is 3.05. The van der Waals surface area contributed by atoms with E-state index in [1.807, 2.05) is 6.92 Å². The van der Waals surface area contributed by atoms with E-state index >= 15 is 0 Å². The SMILES string of the molecule is CCCNc1cc(-c2ccc(C(F)(F)F)cc2C)ncn1. The summed E-state index contributed by atoms with van der Waals surface area (Å²) >= 11 is 0. The second-order valence-corrected chi connectivity index (χ2v) is 4.74. The first kappa shape index (κ1) is 15.3. The van der Waals surface area contributed by atoms with E-state index in [2.05, 4.69) is 15.3 Å².